The van der Waals surface area contributed by atoms with Gasteiger partial charge in [0.05, 0.1) is 30.8 Å². The molecule has 0 saturated carbocycles. The van der Waals surface area contributed by atoms with Crippen LogP contribution in [0.5, 0.6) is 11.5 Å². The van der Waals surface area contributed by atoms with Crippen LogP contribution >= 0.6 is 23.4 Å². The van der Waals surface area contributed by atoms with E-state index in [0.717, 1.165) is 16.3 Å². The maximum atomic E-state index is 12.9. The highest BCUT2D eigenvalue weighted by molar-refractivity contribution is 7.99. The Bertz CT molecular complexity index is 1010. The van der Waals surface area contributed by atoms with E-state index >= 15 is 0 Å². The Labute approximate surface area is 160 Å². The molecular formula is C18H18ClN3O3S. The van der Waals surface area contributed by atoms with Crippen molar-refractivity contribution in [1.29, 1.82) is 0 Å². The summed E-state index contributed by atoms with van der Waals surface area (Å²) in [5.41, 5.74) is 4.11. The van der Waals surface area contributed by atoms with Crippen molar-refractivity contribution in [3.05, 3.63) is 52.0 Å². The van der Waals surface area contributed by atoms with E-state index in [1.54, 1.807) is 37.1 Å². The van der Waals surface area contributed by atoms with Gasteiger partial charge in [0.15, 0.2) is 11.5 Å². The number of halogens is 1. The normalized spacial score (nSPS) is 10.8. The van der Waals surface area contributed by atoms with Gasteiger partial charge in [-0.15, -0.1) is 11.8 Å². The molecule has 0 bridgehead atoms. The zero-order chi connectivity index (χ0) is 18.7. The van der Waals surface area contributed by atoms with Crippen LogP contribution in [-0.4, -0.2) is 29.6 Å². The van der Waals surface area contributed by atoms with Crippen LogP contribution in [0, 0.1) is 0 Å². The second-order valence-electron chi connectivity index (χ2n) is 5.33. The van der Waals surface area contributed by atoms with Crippen molar-refractivity contribution in [2.24, 2.45) is 0 Å². The maximum absolute atomic E-state index is 12.9. The lowest BCUT2D eigenvalue weighted by Crippen LogP contribution is -2.26. The molecule has 0 fully saturated rings. The number of aromatic nitrogens is 2. The average Bonchev–Trinajstić information content (AvgIpc) is 2.65. The second-order valence-corrected chi connectivity index (χ2v) is 7.07. The summed E-state index contributed by atoms with van der Waals surface area (Å²) in [5, 5.41) is 1.01. The number of hydrogen-bond donors (Lipinski definition) is 1. The van der Waals surface area contributed by atoms with E-state index in [9.17, 15) is 4.79 Å². The van der Waals surface area contributed by atoms with Crippen molar-refractivity contribution < 1.29 is 9.47 Å². The van der Waals surface area contributed by atoms with Crippen LogP contribution in [0.2, 0.25) is 5.02 Å². The van der Waals surface area contributed by atoms with E-state index in [-0.39, 0.29) is 5.56 Å². The van der Waals surface area contributed by atoms with Crippen molar-refractivity contribution in [3.63, 3.8) is 0 Å². The van der Waals surface area contributed by atoms with Gasteiger partial charge < -0.3 is 9.47 Å². The van der Waals surface area contributed by atoms with Gasteiger partial charge in [-0.05, 0) is 30.0 Å². The van der Waals surface area contributed by atoms with Gasteiger partial charge in [-0.3, -0.25) is 10.2 Å². The third kappa shape index (κ3) is 3.59. The summed E-state index contributed by atoms with van der Waals surface area (Å²) in [5.74, 6) is 1.90. The molecule has 6 nitrogen and oxygen atoms in total. The number of fused-ring (bicyclic) bond motifs is 1. The Hall–Kier alpha value is -2.38. The van der Waals surface area contributed by atoms with E-state index in [1.165, 1.54) is 18.1 Å². The first-order chi connectivity index (χ1) is 12.6. The van der Waals surface area contributed by atoms with Crippen LogP contribution in [0.15, 0.2) is 46.3 Å². The molecule has 136 valence electrons. The summed E-state index contributed by atoms with van der Waals surface area (Å²) in [6.45, 7) is 2.06. The van der Waals surface area contributed by atoms with E-state index in [1.807, 2.05) is 12.1 Å². The van der Waals surface area contributed by atoms with Gasteiger partial charge in [0.25, 0.3) is 5.56 Å². The number of methoxy groups -OCH3 is 2. The molecule has 0 atom stereocenters. The number of nitrogens with zero attached hydrogens (tertiary/aromatic N) is 2. The third-order valence-corrected chi connectivity index (χ3v) is 4.94. The number of rotatable bonds is 6. The molecule has 3 aromatic rings. The van der Waals surface area contributed by atoms with Crippen molar-refractivity contribution in [2.45, 2.75) is 11.8 Å². The number of anilines is 1. The molecule has 2 aromatic carbocycles. The van der Waals surface area contributed by atoms with Crippen LogP contribution in [0.25, 0.3) is 10.9 Å². The summed E-state index contributed by atoms with van der Waals surface area (Å²) in [6, 6.07) is 8.83. The lowest BCUT2D eigenvalue weighted by Gasteiger charge is -2.14. The number of thioether (sulfide) groups is 1. The van der Waals surface area contributed by atoms with Gasteiger partial charge in [-0.1, -0.05) is 18.5 Å². The highest BCUT2D eigenvalue weighted by atomic mass is 35.5. The largest absolute Gasteiger partial charge is 0.493 e. The highest BCUT2D eigenvalue weighted by Gasteiger charge is 2.12. The van der Waals surface area contributed by atoms with Gasteiger partial charge in [0.2, 0.25) is 0 Å². The second kappa shape index (κ2) is 7.88. The fourth-order valence-electron chi connectivity index (χ4n) is 2.53. The quantitative estimate of drug-likeness (QED) is 0.639. The van der Waals surface area contributed by atoms with Gasteiger partial charge in [0.1, 0.15) is 6.33 Å². The Morgan fingerprint density at radius 2 is 1.92 bits per heavy atom. The summed E-state index contributed by atoms with van der Waals surface area (Å²) in [4.78, 5) is 18.2. The Morgan fingerprint density at radius 1 is 1.19 bits per heavy atom. The monoisotopic (exact) mass is 391 g/mol. The Kier molecular flexibility index (Phi) is 5.58. The van der Waals surface area contributed by atoms with Gasteiger partial charge in [-0.2, -0.15) is 0 Å². The minimum absolute atomic E-state index is 0.247. The molecule has 8 heteroatoms. The molecule has 0 aliphatic heterocycles. The minimum atomic E-state index is -0.247. The molecule has 1 N–H and O–H groups in total. The fourth-order valence-corrected chi connectivity index (χ4v) is 3.44. The molecule has 0 saturated heterocycles. The van der Waals surface area contributed by atoms with Crippen LogP contribution in [0.1, 0.15) is 6.92 Å². The molecule has 0 aliphatic carbocycles. The van der Waals surface area contributed by atoms with Crippen molar-refractivity contribution in [1.82, 2.24) is 9.66 Å². The number of nitrogens with one attached hydrogen (secondary N) is 1. The van der Waals surface area contributed by atoms with Crippen molar-refractivity contribution in [2.75, 3.05) is 25.4 Å². The van der Waals surface area contributed by atoms with Crippen LogP contribution in [0.3, 0.4) is 0 Å². The molecule has 1 heterocycles. The molecule has 1 aromatic heterocycles. The minimum Gasteiger partial charge on any atom is -0.493 e. The zero-order valence-corrected chi connectivity index (χ0v) is 16.1. The molecule has 0 amide bonds. The highest BCUT2D eigenvalue weighted by Crippen LogP contribution is 2.31. The number of benzene rings is 2. The molecule has 0 spiro atoms. The van der Waals surface area contributed by atoms with E-state index in [2.05, 4.69) is 17.3 Å². The lowest BCUT2D eigenvalue weighted by molar-refractivity contribution is 0.355. The SMILES string of the molecule is CCSc1ccc(Cl)cc1Nn1cnc2cc(OC)c(OC)cc2c1=O. The topological polar surface area (TPSA) is 65.4 Å². The van der Waals surface area contributed by atoms with Gasteiger partial charge in [-0.25, -0.2) is 9.66 Å². The van der Waals surface area contributed by atoms with E-state index in [4.69, 9.17) is 21.1 Å². The summed E-state index contributed by atoms with van der Waals surface area (Å²) < 4.78 is 11.9. The Balaban J connectivity index is 2.08. The first kappa shape index (κ1) is 18.4. The predicted molar refractivity (Wildman–Crippen MR) is 106 cm³/mol. The predicted octanol–water partition coefficient (Wildman–Crippen LogP) is 4.05. The summed E-state index contributed by atoms with van der Waals surface area (Å²) >= 11 is 7.77. The molecule has 0 unspecified atom stereocenters. The fraction of sp³-hybridized carbons (Fsp3) is 0.222. The molecule has 0 aliphatic rings. The smallest absolute Gasteiger partial charge is 0.280 e. The van der Waals surface area contributed by atoms with Gasteiger partial charge in [0, 0.05) is 16.0 Å². The average molecular weight is 392 g/mol. The van der Waals surface area contributed by atoms with Gasteiger partial charge >= 0.3 is 0 Å². The standard InChI is InChI=1S/C18H18ClN3O3S/c1-4-26-17-6-5-11(19)7-14(17)21-22-10-20-13-9-16(25-3)15(24-2)8-12(13)18(22)23/h5-10,21H,4H2,1-3H3. The van der Waals surface area contributed by atoms with E-state index in [0.29, 0.717) is 27.4 Å². The molecule has 26 heavy (non-hydrogen) atoms. The molecular weight excluding hydrogens is 374 g/mol. The maximum Gasteiger partial charge on any atom is 0.280 e. The number of ether oxygens (including phenoxy) is 2. The first-order valence-corrected chi connectivity index (χ1v) is 9.26. The first-order valence-electron chi connectivity index (χ1n) is 7.90. The van der Waals surface area contributed by atoms with Crippen LogP contribution < -0.4 is 20.5 Å². The van der Waals surface area contributed by atoms with Crippen LogP contribution in [0.4, 0.5) is 5.69 Å². The summed E-state index contributed by atoms with van der Waals surface area (Å²) in [6.07, 6.45) is 1.44. The van der Waals surface area contributed by atoms with E-state index < -0.39 is 0 Å². The summed E-state index contributed by atoms with van der Waals surface area (Å²) in [7, 11) is 3.07. The van der Waals surface area contributed by atoms with Crippen molar-refractivity contribution in [3.8, 4) is 11.5 Å². The number of hydrogen-bond acceptors (Lipinski definition) is 6. The Morgan fingerprint density at radius 3 is 2.62 bits per heavy atom. The lowest BCUT2D eigenvalue weighted by atomic mass is 10.2. The third-order valence-electron chi connectivity index (χ3n) is 3.75. The molecule has 0 radical (unpaired) electrons. The zero-order valence-electron chi connectivity index (χ0n) is 14.6. The van der Waals surface area contributed by atoms with Crippen molar-refractivity contribution >= 4 is 40.0 Å². The van der Waals surface area contributed by atoms with Crippen LogP contribution in [-0.2, 0) is 0 Å². The molecule has 3 rings (SSSR count).